The van der Waals surface area contributed by atoms with Gasteiger partial charge in [-0.05, 0) is 6.07 Å². The fourth-order valence-corrected chi connectivity index (χ4v) is 2.44. The van der Waals surface area contributed by atoms with Gasteiger partial charge in [0.05, 0.1) is 36.0 Å². The molecule has 1 N–H and O–H groups in total. The lowest BCUT2D eigenvalue weighted by Crippen LogP contribution is -2.22. The summed E-state index contributed by atoms with van der Waals surface area (Å²) in [7, 11) is 4.29. The van der Waals surface area contributed by atoms with Gasteiger partial charge in [0, 0.05) is 19.2 Å². The van der Waals surface area contributed by atoms with Crippen LogP contribution in [0.1, 0.15) is 10.5 Å². The van der Waals surface area contributed by atoms with Crippen LogP contribution in [0.25, 0.3) is 0 Å². The van der Waals surface area contributed by atoms with Crippen LogP contribution >= 0.6 is 11.6 Å². The molecule has 144 valence electrons. The van der Waals surface area contributed by atoms with Gasteiger partial charge in [0.15, 0.2) is 6.61 Å². The molecule has 10 nitrogen and oxygen atoms in total. The average molecular weight is 398 g/mol. The Morgan fingerprint density at radius 3 is 2.44 bits per heavy atom. The van der Waals surface area contributed by atoms with E-state index in [0.29, 0.717) is 11.5 Å². The van der Waals surface area contributed by atoms with Crippen LogP contribution < -0.4 is 14.8 Å². The minimum Gasteiger partial charge on any atom is -0.495 e. The maximum Gasteiger partial charge on any atom is 0.355 e. The van der Waals surface area contributed by atoms with Crippen molar-refractivity contribution in [2.45, 2.75) is 0 Å². The van der Waals surface area contributed by atoms with Crippen molar-refractivity contribution in [2.75, 3.05) is 26.1 Å². The van der Waals surface area contributed by atoms with Crippen LogP contribution in [-0.4, -0.2) is 42.2 Å². The van der Waals surface area contributed by atoms with Crippen molar-refractivity contribution in [3.8, 4) is 11.5 Å². The average Bonchev–Trinajstić information content (AvgIpc) is 3.02. The van der Waals surface area contributed by atoms with Crippen LogP contribution in [0, 0.1) is 10.1 Å². The molecule has 0 aliphatic rings. The molecule has 0 aliphatic carbocycles. The Bertz CT molecular complexity index is 894. The van der Waals surface area contributed by atoms with E-state index in [1.165, 1.54) is 44.2 Å². The maximum absolute atomic E-state index is 12.0. The number of halogens is 1. The molecule has 2 rings (SSSR count). The smallest absolute Gasteiger partial charge is 0.355 e. The van der Waals surface area contributed by atoms with Gasteiger partial charge in [0.2, 0.25) is 0 Å². The molecule has 0 fully saturated rings. The molecule has 0 saturated heterocycles. The number of rotatable bonds is 7. The Kier molecular flexibility index (Phi) is 6.24. The van der Waals surface area contributed by atoms with E-state index in [1.807, 2.05) is 0 Å². The molecular weight excluding hydrogens is 382 g/mol. The summed E-state index contributed by atoms with van der Waals surface area (Å²) >= 11 is 6.02. The highest BCUT2D eigenvalue weighted by Crippen LogP contribution is 2.35. The largest absolute Gasteiger partial charge is 0.495 e. The van der Waals surface area contributed by atoms with E-state index >= 15 is 0 Å². The van der Waals surface area contributed by atoms with Crippen LogP contribution in [0.5, 0.6) is 11.5 Å². The summed E-state index contributed by atoms with van der Waals surface area (Å²) in [5, 5.41) is 13.5. The lowest BCUT2D eigenvalue weighted by Gasteiger charge is -2.13. The standard InChI is InChI=1S/C16H16ClN3O7/c1-19-7-9(20(23)24)4-12(19)16(22)27-8-15(21)18-11-5-10(17)13(25-2)6-14(11)26-3/h4-7H,8H2,1-3H3,(H,18,21). The third kappa shape index (κ3) is 4.67. The molecule has 11 heteroatoms. The number of anilines is 1. The molecule has 0 bridgehead atoms. The van der Waals surface area contributed by atoms with Gasteiger partial charge in [-0.1, -0.05) is 11.6 Å². The van der Waals surface area contributed by atoms with Gasteiger partial charge < -0.3 is 24.1 Å². The normalized spacial score (nSPS) is 10.2. The Morgan fingerprint density at radius 2 is 1.89 bits per heavy atom. The van der Waals surface area contributed by atoms with Gasteiger partial charge in [0.1, 0.15) is 17.2 Å². The van der Waals surface area contributed by atoms with Crippen LogP contribution in [-0.2, 0) is 16.6 Å². The van der Waals surface area contributed by atoms with Gasteiger partial charge in [-0.2, -0.15) is 0 Å². The minimum absolute atomic E-state index is 0.0560. The van der Waals surface area contributed by atoms with Crippen LogP contribution in [0.3, 0.4) is 0 Å². The number of amides is 1. The third-order valence-corrected chi connectivity index (χ3v) is 3.79. The number of nitrogens with zero attached hydrogens (tertiary/aromatic N) is 2. The fraction of sp³-hybridized carbons (Fsp3) is 0.250. The number of ether oxygens (including phenoxy) is 3. The van der Waals surface area contributed by atoms with Crippen molar-refractivity contribution >= 4 is 34.9 Å². The molecule has 0 aliphatic heterocycles. The second-order valence-corrected chi connectivity index (χ2v) is 5.67. The van der Waals surface area contributed by atoms with Crippen molar-refractivity contribution in [3.63, 3.8) is 0 Å². The van der Waals surface area contributed by atoms with Crippen molar-refractivity contribution in [1.82, 2.24) is 4.57 Å². The summed E-state index contributed by atoms with van der Waals surface area (Å²) in [4.78, 5) is 34.2. The van der Waals surface area contributed by atoms with E-state index in [2.05, 4.69) is 5.32 Å². The zero-order valence-electron chi connectivity index (χ0n) is 14.6. The van der Waals surface area contributed by atoms with Crippen molar-refractivity contribution in [1.29, 1.82) is 0 Å². The lowest BCUT2D eigenvalue weighted by molar-refractivity contribution is -0.384. The molecule has 0 unspecified atom stereocenters. The van der Waals surface area contributed by atoms with Crippen LogP contribution in [0.2, 0.25) is 5.02 Å². The monoisotopic (exact) mass is 397 g/mol. The van der Waals surface area contributed by atoms with Crippen molar-refractivity contribution in [2.24, 2.45) is 7.05 Å². The Hall–Kier alpha value is -3.27. The zero-order chi connectivity index (χ0) is 20.1. The summed E-state index contributed by atoms with van der Waals surface area (Å²) in [6, 6.07) is 3.99. The molecule has 27 heavy (non-hydrogen) atoms. The highest BCUT2D eigenvalue weighted by Gasteiger charge is 2.20. The first-order valence-electron chi connectivity index (χ1n) is 7.46. The number of esters is 1. The predicted octanol–water partition coefficient (Wildman–Crippen LogP) is 2.40. The van der Waals surface area contributed by atoms with Gasteiger partial charge in [0.25, 0.3) is 11.6 Å². The molecule has 2 aromatic rings. The molecular formula is C16H16ClN3O7. The fourth-order valence-electron chi connectivity index (χ4n) is 2.20. The van der Waals surface area contributed by atoms with Crippen molar-refractivity contribution < 1.29 is 28.7 Å². The number of aromatic nitrogens is 1. The predicted molar refractivity (Wildman–Crippen MR) is 95.5 cm³/mol. The number of methoxy groups -OCH3 is 2. The summed E-state index contributed by atoms with van der Waals surface area (Å²) in [6.07, 6.45) is 1.17. The van der Waals surface area contributed by atoms with E-state index in [9.17, 15) is 19.7 Å². The van der Waals surface area contributed by atoms with Gasteiger partial charge in [-0.15, -0.1) is 0 Å². The second-order valence-electron chi connectivity index (χ2n) is 5.26. The first kappa shape index (κ1) is 20.0. The minimum atomic E-state index is -0.875. The molecule has 1 amide bonds. The summed E-state index contributed by atoms with van der Waals surface area (Å²) in [5.41, 5.74) is -0.0510. The number of carbonyl (C=O) groups excluding carboxylic acids is 2. The van der Waals surface area contributed by atoms with E-state index in [1.54, 1.807) is 0 Å². The molecule has 1 heterocycles. The third-order valence-electron chi connectivity index (χ3n) is 3.49. The number of nitrogens with one attached hydrogen (secondary N) is 1. The molecule has 0 atom stereocenters. The molecule has 1 aromatic carbocycles. The first-order valence-corrected chi connectivity index (χ1v) is 7.83. The number of benzene rings is 1. The van der Waals surface area contributed by atoms with E-state index < -0.39 is 23.4 Å². The SMILES string of the molecule is COc1cc(OC)c(NC(=O)COC(=O)c2cc([N+](=O)[O-])cn2C)cc1Cl. The topological polar surface area (TPSA) is 122 Å². The lowest BCUT2D eigenvalue weighted by atomic mass is 10.2. The molecule has 0 radical (unpaired) electrons. The summed E-state index contributed by atoms with van der Waals surface area (Å²) in [5.74, 6) is -0.857. The number of carbonyl (C=O) groups is 2. The highest BCUT2D eigenvalue weighted by atomic mass is 35.5. The molecule has 0 spiro atoms. The van der Waals surface area contributed by atoms with E-state index in [4.69, 9.17) is 25.8 Å². The van der Waals surface area contributed by atoms with Gasteiger partial charge in [-0.25, -0.2) is 4.79 Å². The quantitative estimate of drug-likeness (QED) is 0.432. The van der Waals surface area contributed by atoms with Crippen LogP contribution in [0.15, 0.2) is 24.4 Å². The Morgan fingerprint density at radius 1 is 1.22 bits per heavy atom. The summed E-state index contributed by atoms with van der Waals surface area (Å²) in [6.45, 7) is -0.607. The Balaban J connectivity index is 2.03. The second kappa shape index (κ2) is 8.41. The number of nitro groups is 1. The van der Waals surface area contributed by atoms with E-state index in [0.717, 1.165) is 6.07 Å². The zero-order valence-corrected chi connectivity index (χ0v) is 15.4. The summed E-state index contributed by atoms with van der Waals surface area (Å²) < 4.78 is 16.3. The maximum atomic E-state index is 12.0. The molecule has 0 saturated carbocycles. The van der Waals surface area contributed by atoms with Gasteiger partial charge >= 0.3 is 5.97 Å². The first-order chi connectivity index (χ1) is 12.8. The Labute approximate surface area is 158 Å². The van der Waals surface area contributed by atoms with Crippen LogP contribution in [0.4, 0.5) is 11.4 Å². The molecule has 1 aromatic heterocycles. The van der Waals surface area contributed by atoms with Gasteiger partial charge in [-0.3, -0.25) is 14.9 Å². The number of hydrogen-bond acceptors (Lipinski definition) is 7. The van der Waals surface area contributed by atoms with Crippen molar-refractivity contribution in [3.05, 3.63) is 45.2 Å². The number of aryl methyl sites for hydroxylation is 1. The van der Waals surface area contributed by atoms with E-state index in [-0.39, 0.29) is 22.1 Å². The highest BCUT2D eigenvalue weighted by molar-refractivity contribution is 6.32. The number of hydrogen-bond donors (Lipinski definition) is 1.